The molecule has 15 heavy (non-hydrogen) atoms. The Kier molecular flexibility index (Phi) is 3.49. The van der Waals surface area contributed by atoms with Crippen LogP contribution in [-0.2, 0) is 6.54 Å². The van der Waals surface area contributed by atoms with Crippen molar-refractivity contribution in [2.24, 2.45) is 0 Å². The van der Waals surface area contributed by atoms with Gasteiger partial charge in [0, 0.05) is 12.1 Å². The fourth-order valence-electron chi connectivity index (χ4n) is 1.20. The van der Waals surface area contributed by atoms with E-state index in [4.69, 9.17) is 5.26 Å². The fourth-order valence-corrected chi connectivity index (χ4v) is 1.20. The minimum Gasteiger partial charge on any atom is -0.297 e. The van der Waals surface area contributed by atoms with Crippen molar-refractivity contribution in [3.8, 4) is 6.07 Å². The van der Waals surface area contributed by atoms with Gasteiger partial charge in [-0.15, -0.1) is 0 Å². The van der Waals surface area contributed by atoms with Crippen LogP contribution in [0.5, 0.6) is 0 Å². The molecule has 0 aliphatic heterocycles. The molecule has 0 unspecified atom stereocenters. The largest absolute Gasteiger partial charge is 0.297 e. The van der Waals surface area contributed by atoms with Crippen LogP contribution >= 0.6 is 0 Å². The first kappa shape index (κ1) is 11.7. The molecule has 0 aliphatic rings. The van der Waals surface area contributed by atoms with Crippen molar-refractivity contribution in [3.05, 3.63) is 35.4 Å². The highest BCUT2D eigenvalue weighted by Crippen LogP contribution is 2.14. The van der Waals surface area contributed by atoms with Crippen LogP contribution in [-0.4, -0.2) is 17.5 Å². The van der Waals surface area contributed by atoms with Crippen molar-refractivity contribution in [1.82, 2.24) is 4.90 Å². The lowest BCUT2D eigenvalue weighted by atomic mass is 10.1. The highest BCUT2D eigenvalue weighted by atomic mass is 15.1. The zero-order valence-corrected chi connectivity index (χ0v) is 9.91. The second kappa shape index (κ2) is 4.46. The van der Waals surface area contributed by atoms with Crippen LogP contribution in [0.2, 0.25) is 0 Å². The molecule has 2 heteroatoms. The van der Waals surface area contributed by atoms with Crippen LogP contribution in [0.25, 0.3) is 0 Å². The van der Waals surface area contributed by atoms with E-state index >= 15 is 0 Å². The second-order valence-electron chi connectivity index (χ2n) is 4.84. The molecule has 0 aliphatic carbocycles. The third-order valence-electron chi connectivity index (χ3n) is 2.65. The standard InChI is InChI=1S/C13H18N2/c1-13(2,3)15(4)10-12-7-5-11(9-14)6-8-12/h5-8H,10H2,1-4H3. The number of nitriles is 1. The lowest BCUT2D eigenvalue weighted by molar-refractivity contribution is 0.167. The Balaban J connectivity index is 2.70. The summed E-state index contributed by atoms with van der Waals surface area (Å²) in [5.74, 6) is 0. The Morgan fingerprint density at radius 1 is 1.20 bits per heavy atom. The Hall–Kier alpha value is -1.33. The van der Waals surface area contributed by atoms with E-state index < -0.39 is 0 Å². The van der Waals surface area contributed by atoms with Gasteiger partial charge in [0.05, 0.1) is 11.6 Å². The molecule has 1 aromatic carbocycles. The smallest absolute Gasteiger partial charge is 0.0991 e. The maximum absolute atomic E-state index is 8.68. The molecule has 1 aromatic rings. The summed E-state index contributed by atoms with van der Waals surface area (Å²) in [6.07, 6.45) is 0. The van der Waals surface area contributed by atoms with Crippen LogP contribution in [0.3, 0.4) is 0 Å². The maximum Gasteiger partial charge on any atom is 0.0991 e. The minimum atomic E-state index is 0.175. The quantitative estimate of drug-likeness (QED) is 0.737. The Morgan fingerprint density at radius 3 is 2.13 bits per heavy atom. The van der Waals surface area contributed by atoms with Crippen molar-refractivity contribution >= 4 is 0 Å². The first-order chi connectivity index (χ1) is 6.93. The predicted molar refractivity (Wildman–Crippen MR) is 62.4 cm³/mol. The highest BCUT2D eigenvalue weighted by Gasteiger charge is 2.16. The summed E-state index contributed by atoms with van der Waals surface area (Å²) in [5.41, 5.74) is 2.14. The van der Waals surface area contributed by atoms with Gasteiger partial charge in [-0.25, -0.2) is 0 Å². The molecule has 0 N–H and O–H groups in total. The number of benzene rings is 1. The van der Waals surface area contributed by atoms with Gasteiger partial charge in [-0.3, -0.25) is 4.90 Å². The topological polar surface area (TPSA) is 27.0 Å². The average molecular weight is 202 g/mol. The van der Waals surface area contributed by atoms with Gasteiger partial charge in [-0.1, -0.05) is 12.1 Å². The normalized spacial score (nSPS) is 11.5. The summed E-state index contributed by atoms with van der Waals surface area (Å²) < 4.78 is 0. The molecule has 0 aromatic heterocycles. The van der Waals surface area contributed by atoms with Crippen molar-refractivity contribution in [2.75, 3.05) is 7.05 Å². The van der Waals surface area contributed by atoms with Crippen molar-refractivity contribution in [1.29, 1.82) is 5.26 Å². The summed E-state index contributed by atoms with van der Waals surface area (Å²) in [6.45, 7) is 7.49. The van der Waals surface area contributed by atoms with Crippen LogP contribution in [0.15, 0.2) is 24.3 Å². The van der Waals surface area contributed by atoms with Crippen LogP contribution in [0, 0.1) is 11.3 Å². The first-order valence-corrected chi connectivity index (χ1v) is 5.14. The molecule has 1 rings (SSSR count). The molecular weight excluding hydrogens is 184 g/mol. The van der Waals surface area contributed by atoms with E-state index in [1.807, 2.05) is 24.3 Å². The fraction of sp³-hybridized carbons (Fsp3) is 0.462. The molecule has 0 spiro atoms. The van der Waals surface area contributed by atoms with Gasteiger partial charge in [0.2, 0.25) is 0 Å². The van der Waals surface area contributed by atoms with Gasteiger partial charge in [0.25, 0.3) is 0 Å². The summed E-state index contributed by atoms with van der Waals surface area (Å²) in [5, 5.41) is 8.68. The molecule has 0 saturated carbocycles. The first-order valence-electron chi connectivity index (χ1n) is 5.14. The van der Waals surface area contributed by atoms with E-state index in [-0.39, 0.29) is 5.54 Å². The molecule has 0 radical (unpaired) electrons. The summed E-state index contributed by atoms with van der Waals surface area (Å²) >= 11 is 0. The highest BCUT2D eigenvalue weighted by molar-refractivity contribution is 5.31. The lowest BCUT2D eigenvalue weighted by Crippen LogP contribution is -2.37. The van der Waals surface area contributed by atoms with Crippen LogP contribution < -0.4 is 0 Å². The van der Waals surface area contributed by atoms with Gasteiger partial charge in [-0.05, 0) is 45.5 Å². The predicted octanol–water partition coefficient (Wildman–Crippen LogP) is 2.79. The summed E-state index contributed by atoms with van der Waals surface area (Å²) in [7, 11) is 2.11. The van der Waals surface area contributed by atoms with Gasteiger partial charge in [0.1, 0.15) is 0 Å². The lowest BCUT2D eigenvalue weighted by Gasteiger charge is -2.31. The molecule has 2 nitrogen and oxygen atoms in total. The molecule has 0 atom stereocenters. The summed E-state index contributed by atoms with van der Waals surface area (Å²) in [6, 6.07) is 9.89. The molecule has 0 heterocycles. The van der Waals surface area contributed by atoms with E-state index in [1.165, 1.54) is 5.56 Å². The molecule has 80 valence electrons. The zero-order valence-electron chi connectivity index (χ0n) is 9.91. The number of hydrogen-bond donors (Lipinski definition) is 0. The van der Waals surface area contributed by atoms with E-state index in [9.17, 15) is 0 Å². The number of hydrogen-bond acceptors (Lipinski definition) is 2. The number of rotatable bonds is 2. The van der Waals surface area contributed by atoms with Gasteiger partial charge >= 0.3 is 0 Å². The van der Waals surface area contributed by atoms with E-state index in [1.54, 1.807) is 0 Å². The molecular formula is C13H18N2. The SMILES string of the molecule is CN(Cc1ccc(C#N)cc1)C(C)(C)C. The van der Waals surface area contributed by atoms with Crippen LogP contribution in [0.1, 0.15) is 31.9 Å². The Bertz CT molecular complexity index is 352. The molecule has 0 bridgehead atoms. The van der Waals surface area contributed by atoms with Gasteiger partial charge in [0.15, 0.2) is 0 Å². The van der Waals surface area contributed by atoms with Gasteiger partial charge in [-0.2, -0.15) is 5.26 Å². The van der Waals surface area contributed by atoms with E-state index in [2.05, 4.69) is 38.8 Å². The second-order valence-corrected chi connectivity index (χ2v) is 4.84. The molecule has 0 saturated heterocycles. The Labute approximate surface area is 92.1 Å². The molecule has 0 fully saturated rings. The number of nitrogens with zero attached hydrogens (tertiary/aromatic N) is 2. The minimum absolute atomic E-state index is 0.175. The average Bonchev–Trinajstić information content (AvgIpc) is 2.17. The summed E-state index contributed by atoms with van der Waals surface area (Å²) in [4.78, 5) is 2.29. The van der Waals surface area contributed by atoms with Gasteiger partial charge < -0.3 is 0 Å². The third-order valence-corrected chi connectivity index (χ3v) is 2.65. The van der Waals surface area contributed by atoms with E-state index in [0.29, 0.717) is 0 Å². The monoisotopic (exact) mass is 202 g/mol. The van der Waals surface area contributed by atoms with Crippen molar-refractivity contribution in [2.45, 2.75) is 32.9 Å². The van der Waals surface area contributed by atoms with Crippen molar-refractivity contribution in [3.63, 3.8) is 0 Å². The third kappa shape index (κ3) is 3.38. The van der Waals surface area contributed by atoms with E-state index in [0.717, 1.165) is 12.1 Å². The maximum atomic E-state index is 8.68. The van der Waals surface area contributed by atoms with Crippen LogP contribution in [0.4, 0.5) is 0 Å². The van der Waals surface area contributed by atoms with Crippen molar-refractivity contribution < 1.29 is 0 Å². The Morgan fingerprint density at radius 2 is 1.73 bits per heavy atom. The zero-order chi connectivity index (χ0) is 11.5. The molecule has 0 amide bonds.